The van der Waals surface area contributed by atoms with E-state index in [1.54, 1.807) is 0 Å². The van der Waals surface area contributed by atoms with Crippen molar-refractivity contribution in [2.24, 2.45) is 0 Å². The lowest BCUT2D eigenvalue weighted by Crippen LogP contribution is -2.30. The first-order chi connectivity index (χ1) is 38.5. The Morgan fingerprint density at radius 1 is 0.256 bits per heavy atom. The van der Waals surface area contributed by atoms with Crippen LogP contribution in [0.25, 0.3) is 0 Å². The predicted molar refractivity (Wildman–Crippen MR) is 339 cm³/mol. The van der Waals surface area contributed by atoms with Crippen LogP contribution in [0, 0.1) is 0 Å². The van der Waals surface area contributed by atoms with Gasteiger partial charge in [0.2, 0.25) is 0 Å². The molecule has 458 valence electrons. The van der Waals surface area contributed by atoms with E-state index in [1.165, 1.54) is 270 Å². The van der Waals surface area contributed by atoms with Crippen molar-refractivity contribution in [1.82, 2.24) is 0 Å². The highest BCUT2D eigenvalue weighted by Gasteiger charge is 2.19. The molecule has 0 rings (SSSR count). The van der Waals surface area contributed by atoms with Gasteiger partial charge in [-0.25, -0.2) is 0 Å². The Balaban J connectivity index is 4.26. The van der Waals surface area contributed by atoms with Crippen LogP contribution in [-0.4, -0.2) is 37.2 Å². The molecule has 6 heteroatoms. The standard InChI is InChI=1S/C72H134O6/c1-4-7-10-13-16-19-22-25-28-30-32-34-36-38-40-42-44-47-50-53-56-59-62-65-71(74)77-68-69(67-76-70(73)64-61-58-55-52-49-46-27-24-21-18-15-12-9-6-3)78-72(75)66-63-60-57-54-51-48-45-43-41-39-37-35-33-31-29-26-23-20-17-14-11-8-5-2/h15,18,24,27,30,32,69H,4-14,16-17,19-23,25-26,28-29,31,33-68H2,1-3H3/b18-15-,27-24-,32-30-. The minimum Gasteiger partial charge on any atom is -0.462 e. The van der Waals surface area contributed by atoms with Gasteiger partial charge in [-0.05, 0) is 70.6 Å². The lowest BCUT2D eigenvalue weighted by atomic mass is 10.0. The summed E-state index contributed by atoms with van der Waals surface area (Å²) in [5.74, 6) is -0.859. The number of allylic oxidation sites excluding steroid dienone is 6. The number of rotatable bonds is 65. The smallest absolute Gasteiger partial charge is 0.306 e. The zero-order chi connectivity index (χ0) is 56.4. The highest BCUT2D eigenvalue weighted by Crippen LogP contribution is 2.18. The monoisotopic (exact) mass is 1100 g/mol. The molecule has 0 spiro atoms. The van der Waals surface area contributed by atoms with Gasteiger partial charge in [-0.1, -0.05) is 333 Å². The van der Waals surface area contributed by atoms with Gasteiger partial charge in [-0.3, -0.25) is 14.4 Å². The number of hydrogen-bond acceptors (Lipinski definition) is 6. The summed E-state index contributed by atoms with van der Waals surface area (Å²) in [6.07, 6.45) is 83.1. The molecule has 0 bridgehead atoms. The van der Waals surface area contributed by atoms with Crippen LogP contribution in [0.4, 0.5) is 0 Å². The normalized spacial score (nSPS) is 12.2. The molecule has 0 radical (unpaired) electrons. The van der Waals surface area contributed by atoms with Crippen molar-refractivity contribution in [3.05, 3.63) is 36.5 Å². The Bertz CT molecular complexity index is 1300. The molecule has 0 heterocycles. The van der Waals surface area contributed by atoms with E-state index in [0.717, 1.165) is 77.0 Å². The number of carbonyl (C=O) groups excluding carboxylic acids is 3. The number of hydrogen-bond donors (Lipinski definition) is 0. The van der Waals surface area contributed by atoms with Crippen molar-refractivity contribution in [3.63, 3.8) is 0 Å². The fourth-order valence-electron chi connectivity index (χ4n) is 10.6. The third-order valence-corrected chi connectivity index (χ3v) is 15.9. The van der Waals surface area contributed by atoms with Crippen molar-refractivity contribution in [2.45, 2.75) is 393 Å². The molecular weight excluding hydrogens is 961 g/mol. The molecule has 0 saturated heterocycles. The molecule has 6 nitrogen and oxygen atoms in total. The van der Waals surface area contributed by atoms with Crippen molar-refractivity contribution in [2.75, 3.05) is 13.2 Å². The van der Waals surface area contributed by atoms with Gasteiger partial charge in [0.05, 0.1) is 0 Å². The van der Waals surface area contributed by atoms with E-state index in [0.29, 0.717) is 19.3 Å². The van der Waals surface area contributed by atoms with Gasteiger partial charge in [-0.2, -0.15) is 0 Å². The average Bonchev–Trinajstić information content (AvgIpc) is 3.44. The Labute approximate surface area is 486 Å². The van der Waals surface area contributed by atoms with Gasteiger partial charge >= 0.3 is 17.9 Å². The molecule has 0 fully saturated rings. The Morgan fingerprint density at radius 3 is 0.756 bits per heavy atom. The highest BCUT2D eigenvalue weighted by atomic mass is 16.6. The van der Waals surface area contributed by atoms with Gasteiger partial charge in [0.25, 0.3) is 0 Å². The topological polar surface area (TPSA) is 78.9 Å². The first kappa shape index (κ1) is 75.6. The third kappa shape index (κ3) is 64.5. The molecule has 78 heavy (non-hydrogen) atoms. The summed E-state index contributed by atoms with van der Waals surface area (Å²) in [7, 11) is 0. The van der Waals surface area contributed by atoms with Gasteiger partial charge in [0, 0.05) is 19.3 Å². The fraction of sp³-hybridized carbons (Fsp3) is 0.875. The molecule has 0 N–H and O–H groups in total. The Hall–Kier alpha value is -2.37. The molecule has 0 aliphatic rings. The first-order valence-corrected chi connectivity index (χ1v) is 35.0. The summed E-state index contributed by atoms with van der Waals surface area (Å²) in [5.41, 5.74) is 0. The number of esters is 3. The SMILES string of the molecule is CCCC/C=C\C/C=C\CCCCCCCC(=O)OCC(COC(=O)CCCCCCCCCCCCC/C=C\CCCCCCCCCC)OC(=O)CCCCCCCCCCCCCCCCCCCCCCCCC. The van der Waals surface area contributed by atoms with Gasteiger partial charge in [0.1, 0.15) is 13.2 Å². The highest BCUT2D eigenvalue weighted by molar-refractivity contribution is 5.71. The second-order valence-electron chi connectivity index (χ2n) is 23.8. The van der Waals surface area contributed by atoms with Crippen molar-refractivity contribution < 1.29 is 28.6 Å². The van der Waals surface area contributed by atoms with E-state index in [2.05, 4.69) is 57.2 Å². The van der Waals surface area contributed by atoms with E-state index in [-0.39, 0.29) is 31.1 Å². The molecule has 0 aliphatic heterocycles. The third-order valence-electron chi connectivity index (χ3n) is 15.9. The lowest BCUT2D eigenvalue weighted by Gasteiger charge is -2.18. The van der Waals surface area contributed by atoms with E-state index in [1.807, 2.05) is 0 Å². The van der Waals surface area contributed by atoms with E-state index >= 15 is 0 Å². The van der Waals surface area contributed by atoms with E-state index in [4.69, 9.17) is 14.2 Å². The minimum atomic E-state index is -0.777. The zero-order valence-corrected chi connectivity index (χ0v) is 52.7. The second-order valence-corrected chi connectivity index (χ2v) is 23.8. The Kier molecular flexibility index (Phi) is 65.1. The van der Waals surface area contributed by atoms with Crippen molar-refractivity contribution in [3.8, 4) is 0 Å². The molecule has 0 aromatic rings. The van der Waals surface area contributed by atoms with Crippen LogP contribution in [0.5, 0.6) is 0 Å². The summed E-state index contributed by atoms with van der Waals surface area (Å²) in [4.78, 5) is 38.4. The van der Waals surface area contributed by atoms with Gasteiger partial charge in [-0.15, -0.1) is 0 Å². The summed E-state index contributed by atoms with van der Waals surface area (Å²) < 4.78 is 17.0. The van der Waals surface area contributed by atoms with E-state index < -0.39 is 6.10 Å². The first-order valence-electron chi connectivity index (χ1n) is 35.0. The van der Waals surface area contributed by atoms with Crippen LogP contribution in [-0.2, 0) is 28.6 Å². The molecule has 0 aromatic carbocycles. The Morgan fingerprint density at radius 2 is 0.474 bits per heavy atom. The predicted octanol–water partition coefficient (Wildman–Crippen LogP) is 23.9. The number of carbonyl (C=O) groups is 3. The number of unbranched alkanes of at least 4 members (excludes halogenated alkanes) is 48. The van der Waals surface area contributed by atoms with Crippen LogP contribution < -0.4 is 0 Å². The van der Waals surface area contributed by atoms with E-state index in [9.17, 15) is 14.4 Å². The molecule has 0 aliphatic carbocycles. The largest absolute Gasteiger partial charge is 0.462 e. The summed E-state index contributed by atoms with van der Waals surface area (Å²) in [6, 6.07) is 0. The maximum atomic E-state index is 13.0. The van der Waals surface area contributed by atoms with Crippen LogP contribution in [0.15, 0.2) is 36.5 Å². The van der Waals surface area contributed by atoms with Crippen LogP contribution in [0.3, 0.4) is 0 Å². The van der Waals surface area contributed by atoms with Crippen molar-refractivity contribution >= 4 is 17.9 Å². The molecule has 0 amide bonds. The van der Waals surface area contributed by atoms with Crippen LogP contribution >= 0.6 is 0 Å². The zero-order valence-electron chi connectivity index (χ0n) is 52.7. The maximum Gasteiger partial charge on any atom is 0.306 e. The van der Waals surface area contributed by atoms with Crippen molar-refractivity contribution in [1.29, 1.82) is 0 Å². The number of ether oxygens (including phenoxy) is 3. The molecule has 0 saturated carbocycles. The van der Waals surface area contributed by atoms with Crippen LogP contribution in [0.1, 0.15) is 387 Å². The molecule has 0 aromatic heterocycles. The summed E-state index contributed by atoms with van der Waals surface area (Å²) in [6.45, 7) is 6.66. The van der Waals surface area contributed by atoms with Gasteiger partial charge < -0.3 is 14.2 Å². The molecule has 1 atom stereocenters. The quantitative estimate of drug-likeness (QED) is 0.0261. The summed E-state index contributed by atoms with van der Waals surface area (Å²) in [5, 5.41) is 0. The van der Waals surface area contributed by atoms with Gasteiger partial charge in [0.15, 0.2) is 6.10 Å². The lowest BCUT2D eigenvalue weighted by molar-refractivity contribution is -0.167. The maximum absolute atomic E-state index is 13.0. The van der Waals surface area contributed by atoms with Crippen LogP contribution in [0.2, 0.25) is 0 Å². The molecule has 1 unspecified atom stereocenters. The minimum absolute atomic E-state index is 0.0725. The fourth-order valence-corrected chi connectivity index (χ4v) is 10.6. The summed E-state index contributed by atoms with van der Waals surface area (Å²) >= 11 is 0. The molecular formula is C72H134O6. The second kappa shape index (κ2) is 67.1. The average molecular weight is 1100 g/mol.